The molecule has 1 fully saturated rings. The number of carbonyl (C=O) groups excluding carboxylic acids is 1. The molecule has 0 unspecified atom stereocenters. The minimum atomic E-state index is -1.36. The van der Waals surface area contributed by atoms with Crippen molar-refractivity contribution >= 4 is 5.78 Å². The third kappa shape index (κ3) is 1.54. The SMILES string of the molecule is C=C[C@H]1CO[C@@H](OO)C(=O)[C@H]1O. The molecule has 0 aromatic rings. The molecule has 68 valence electrons. The highest BCUT2D eigenvalue weighted by molar-refractivity contribution is 5.87. The molecule has 1 saturated heterocycles. The highest BCUT2D eigenvalue weighted by Gasteiger charge is 2.37. The summed E-state index contributed by atoms with van der Waals surface area (Å²) in [4.78, 5) is 14.7. The summed E-state index contributed by atoms with van der Waals surface area (Å²) in [6, 6.07) is 0. The number of aliphatic hydroxyl groups is 1. The fraction of sp³-hybridized carbons (Fsp3) is 0.571. The van der Waals surface area contributed by atoms with E-state index in [1.165, 1.54) is 6.08 Å². The molecule has 0 radical (unpaired) electrons. The summed E-state index contributed by atoms with van der Waals surface area (Å²) in [5, 5.41) is 17.4. The molecule has 0 amide bonds. The predicted molar refractivity (Wildman–Crippen MR) is 38.2 cm³/mol. The van der Waals surface area contributed by atoms with Crippen LogP contribution >= 0.6 is 0 Å². The maximum absolute atomic E-state index is 11.0. The third-order valence-electron chi connectivity index (χ3n) is 1.77. The van der Waals surface area contributed by atoms with Crippen LogP contribution in [0.4, 0.5) is 0 Å². The highest BCUT2D eigenvalue weighted by atomic mass is 17.1. The van der Waals surface area contributed by atoms with Crippen molar-refractivity contribution in [3.05, 3.63) is 12.7 Å². The molecule has 0 spiro atoms. The van der Waals surface area contributed by atoms with Gasteiger partial charge >= 0.3 is 0 Å². The van der Waals surface area contributed by atoms with E-state index in [1.54, 1.807) is 0 Å². The lowest BCUT2D eigenvalue weighted by Crippen LogP contribution is -2.46. The number of carbonyl (C=O) groups is 1. The van der Waals surface area contributed by atoms with E-state index in [-0.39, 0.29) is 6.61 Å². The minimum absolute atomic E-state index is 0.113. The summed E-state index contributed by atoms with van der Waals surface area (Å²) in [6.45, 7) is 3.54. The van der Waals surface area contributed by atoms with Gasteiger partial charge in [0.2, 0.25) is 5.78 Å². The van der Waals surface area contributed by atoms with E-state index in [2.05, 4.69) is 11.5 Å². The standard InChI is InChI=1S/C7H10O5/c1-2-4-3-11-7(12-10)6(9)5(4)8/h2,4-5,7-8,10H,1,3H2/t4-,5-,7-/m0/s1. The van der Waals surface area contributed by atoms with Gasteiger partial charge < -0.3 is 9.84 Å². The first-order valence-electron chi connectivity index (χ1n) is 3.47. The van der Waals surface area contributed by atoms with Crippen molar-refractivity contribution in [2.45, 2.75) is 12.4 Å². The van der Waals surface area contributed by atoms with Gasteiger partial charge in [0.05, 0.1) is 6.61 Å². The number of ether oxygens (including phenoxy) is 1. The van der Waals surface area contributed by atoms with Gasteiger partial charge in [-0.2, -0.15) is 4.89 Å². The molecule has 12 heavy (non-hydrogen) atoms. The minimum Gasteiger partial charge on any atom is -0.384 e. The molecule has 1 aliphatic rings. The Labute approximate surface area is 69.1 Å². The number of Topliss-reactive ketones (excluding diaryl/α,β-unsaturated/α-hetero) is 1. The van der Waals surface area contributed by atoms with Gasteiger partial charge in [-0.3, -0.25) is 4.79 Å². The van der Waals surface area contributed by atoms with Crippen molar-refractivity contribution in [1.82, 2.24) is 0 Å². The maximum atomic E-state index is 11.0. The van der Waals surface area contributed by atoms with Crippen LogP contribution in [0.5, 0.6) is 0 Å². The molecule has 1 rings (SSSR count). The van der Waals surface area contributed by atoms with Gasteiger partial charge in [-0.05, 0) is 0 Å². The van der Waals surface area contributed by atoms with Crippen molar-refractivity contribution in [3.8, 4) is 0 Å². The largest absolute Gasteiger partial charge is 0.384 e. The molecule has 0 bridgehead atoms. The molecule has 5 heteroatoms. The van der Waals surface area contributed by atoms with Crippen LogP contribution in [0.1, 0.15) is 0 Å². The lowest BCUT2D eigenvalue weighted by atomic mass is 9.97. The first-order valence-corrected chi connectivity index (χ1v) is 3.47. The molecule has 3 atom stereocenters. The van der Waals surface area contributed by atoms with Gasteiger partial charge in [0.25, 0.3) is 6.29 Å². The van der Waals surface area contributed by atoms with Gasteiger partial charge in [0.15, 0.2) is 0 Å². The Hall–Kier alpha value is -0.750. The van der Waals surface area contributed by atoms with Gasteiger partial charge in [0.1, 0.15) is 6.10 Å². The molecule has 5 nitrogen and oxygen atoms in total. The van der Waals surface area contributed by atoms with E-state index < -0.39 is 24.1 Å². The lowest BCUT2D eigenvalue weighted by molar-refractivity contribution is -0.341. The van der Waals surface area contributed by atoms with E-state index in [0.29, 0.717) is 0 Å². The molecule has 0 aliphatic carbocycles. The quantitative estimate of drug-likeness (QED) is 0.337. The van der Waals surface area contributed by atoms with Crippen LogP contribution in [0.25, 0.3) is 0 Å². The highest BCUT2D eigenvalue weighted by Crippen LogP contribution is 2.17. The lowest BCUT2D eigenvalue weighted by Gasteiger charge is -2.27. The fourth-order valence-corrected chi connectivity index (χ4v) is 1.00. The van der Waals surface area contributed by atoms with Crippen LogP contribution in [0.2, 0.25) is 0 Å². The van der Waals surface area contributed by atoms with Crippen molar-refractivity contribution in [3.63, 3.8) is 0 Å². The van der Waals surface area contributed by atoms with E-state index in [4.69, 9.17) is 9.99 Å². The van der Waals surface area contributed by atoms with Crippen LogP contribution in [0.15, 0.2) is 12.7 Å². The van der Waals surface area contributed by atoms with E-state index in [1.807, 2.05) is 0 Å². The molecular weight excluding hydrogens is 164 g/mol. The maximum Gasteiger partial charge on any atom is 0.253 e. The smallest absolute Gasteiger partial charge is 0.253 e. The van der Waals surface area contributed by atoms with Gasteiger partial charge in [-0.25, -0.2) is 5.26 Å². The summed E-state index contributed by atoms with van der Waals surface area (Å²) in [5.74, 6) is -1.11. The Balaban J connectivity index is 2.65. The van der Waals surface area contributed by atoms with E-state index >= 15 is 0 Å². The fourth-order valence-electron chi connectivity index (χ4n) is 1.00. The first kappa shape index (κ1) is 9.34. The van der Waals surface area contributed by atoms with Crippen molar-refractivity contribution in [1.29, 1.82) is 0 Å². The Kier molecular flexibility index (Phi) is 2.93. The Morgan fingerprint density at radius 3 is 2.92 bits per heavy atom. The van der Waals surface area contributed by atoms with Gasteiger partial charge in [-0.1, -0.05) is 6.08 Å². The second-order valence-corrected chi connectivity index (χ2v) is 2.52. The van der Waals surface area contributed by atoms with Crippen LogP contribution in [-0.4, -0.2) is 35.1 Å². The second-order valence-electron chi connectivity index (χ2n) is 2.52. The summed E-state index contributed by atoms with van der Waals surface area (Å²) in [6.07, 6.45) is -1.14. The third-order valence-corrected chi connectivity index (χ3v) is 1.77. The van der Waals surface area contributed by atoms with Gasteiger partial charge in [-0.15, -0.1) is 6.58 Å². The summed E-state index contributed by atoms with van der Waals surface area (Å²) in [5.41, 5.74) is 0. The predicted octanol–water partition coefficient (Wildman–Crippen LogP) is -0.436. The topological polar surface area (TPSA) is 76.0 Å². The Bertz CT molecular complexity index is 190. The van der Waals surface area contributed by atoms with Crippen molar-refractivity contribution in [2.75, 3.05) is 6.61 Å². The van der Waals surface area contributed by atoms with Crippen LogP contribution in [0.3, 0.4) is 0 Å². The van der Waals surface area contributed by atoms with E-state index in [9.17, 15) is 9.90 Å². The average Bonchev–Trinajstić information content (AvgIpc) is 2.10. The summed E-state index contributed by atoms with van der Waals surface area (Å²) >= 11 is 0. The normalized spacial score (nSPS) is 36.5. The average molecular weight is 174 g/mol. The molecule has 0 aromatic heterocycles. The zero-order chi connectivity index (χ0) is 9.14. The van der Waals surface area contributed by atoms with Gasteiger partial charge in [0, 0.05) is 5.92 Å². The molecule has 1 heterocycles. The first-order chi connectivity index (χ1) is 5.70. The van der Waals surface area contributed by atoms with E-state index in [0.717, 1.165) is 0 Å². The number of aliphatic hydroxyl groups excluding tert-OH is 1. The number of hydrogen-bond acceptors (Lipinski definition) is 5. The van der Waals surface area contributed by atoms with Crippen molar-refractivity contribution in [2.24, 2.45) is 5.92 Å². The molecule has 2 N–H and O–H groups in total. The Morgan fingerprint density at radius 2 is 2.42 bits per heavy atom. The second kappa shape index (κ2) is 3.77. The molecule has 0 aromatic carbocycles. The summed E-state index contributed by atoms with van der Waals surface area (Å²) in [7, 11) is 0. The van der Waals surface area contributed by atoms with Crippen molar-refractivity contribution < 1.29 is 24.8 Å². The Morgan fingerprint density at radius 1 is 1.75 bits per heavy atom. The summed E-state index contributed by atoms with van der Waals surface area (Å²) < 4.78 is 4.76. The zero-order valence-corrected chi connectivity index (χ0v) is 6.34. The van der Waals surface area contributed by atoms with Crippen LogP contribution in [-0.2, 0) is 14.4 Å². The number of rotatable bonds is 2. The van der Waals surface area contributed by atoms with Crippen LogP contribution in [0, 0.1) is 5.92 Å². The molecule has 0 saturated carbocycles. The number of ketones is 1. The number of hydrogen-bond donors (Lipinski definition) is 2. The zero-order valence-electron chi connectivity index (χ0n) is 6.34. The molecule has 1 aliphatic heterocycles. The van der Waals surface area contributed by atoms with Crippen LogP contribution < -0.4 is 0 Å². The molecular formula is C7H10O5. The monoisotopic (exact) mass is 174 g/mol.